The number of aromatic nitrogens is 4. The van der Waals surface area contributed by atoms with Crippen LogP contribution in [-0.4, -0.2) is 71.7 Å². The van der Waals surface area contributed by atoms with Gasteiger partial charge in [0.15, 0.2) is 0 Å². The van der Waals surface area contributed by atoms with Gasteiger partial charge in [-0.2, -0.15) is 0 Å². The third kappa shape index (κ3) is 6.60. The summed E-state index contributed by atoms with van der Waals surface area (Å²) in [5.41, 5.74) is 5.19. The molecule has 0 aliphatic rings. The summed E-state index contributed by atoms with van der Waals surface area (Å²) in [4.78, 5) is 32.2. The number of methoxy groups -OCH3 is 5. The molecule has 2 aromatic heterocycles. The van der Waals surface area contributed by atoms with Crippen molar-refractivity contribution in [1.82, 2.24) is 19.1 Å². The number of ether oxygens (including phenoxy) is 5. The number of nitrogens with zero attached hydrogens (tertiary/aromatic N) is 4. The maximum Gasteiger partial charge on any atom is 0.345 e. The van der Waals surface area contributed by atoms with E-state index >= 15 is 0 Å². The van der Waals surface area contributed by atoms with Gasteiger partial charge >= 0.3 is 11.9 Å². The number of rotatable bonds is 8. The predicted molar refractivity (Wildman–Crippen MR) is 182 cm³/mol. The monoisotopic (exact) mass is 766 g/mol. The second-order valence-electron chi connectivity index (χ2n) is 9.74. The fourth-order valence-corrected chi connectivity index (χ4v) is 5.67. The normalized spacial score (nSPS) is 10.7. The molecule has 0 unspecified atom stereocenters. The van der Waals surface area contributed by atoms with Crippen molar-refractivity contribution < 1.29 is 38.4 Å². The number of halogens is 2. The van der Waals surface area contributed by atoms with Crippen LogP contribution in [0.5, 0.6) is 23.0 Å². The number of carboxylic acids is 1. The second-order valence-corrected chi connectivity index (χ2v) is 11.6. The first-order valence-corrected chi connectivity index (χ1v) is 15.3. The Morgan fingerprint density at radius 2 is 1.00 bits per heavy atom. The molecule has 0 fully saturated rings. The highest BCUT2D eigenvalue weighted by molar-refractivity contribution is 9.10. The molecular formula is C33H28Br2N4O8. The minimum absolute atomic E-state index is 0.00841. The lowest BCUT2D eigenvalue weighted by Gasteiger charge is -2.14. The van der Waals surface area contributed by atoms with Crippen molar-refractivity contribution in [2.45, 2.75) is 0 Å². The molecule has 6 rings (SSSR count). The lowest BCUT2D eigenvalue weighted by atomic mass is 10.1. The van der Waals surface area contributed by atoms with Crippen molar-refractivity contribution in [2.24, 2.45) is 0 Å². The molecule has 0 aliphatic heterocycles. The molecule has 0 bridgehead atoms. The predicted octanol–water partition coefficient (Wildman–Crippen LogP) is 7.10. The summed E-state index contributed by atoms with van der Waals surface area (Å²) in [5.74, 6) is -0.429. The number of benzene rings is 4. The third-order valence-corrected chi connectivity index (χ3v) is 8.15. The quantitative estimate of drug-likeness (QED) is 0.160. The molecule has 4 aromatic carbocycles. The molecule has 1 N–H and O–H groups in total. The van der Waals surface area contributed by atoms with E-state index in [0.717, 1.165) is 36.7 Å². The molecule has 2 heterocycles. The number of hydrogen-bond donors (Lipinski definition) is 1. The fraction of sp³-hybridized carbons (Fsp3) is 0.152. The molecule has 0 atom stereocenters. The van der Waals surface area contributed by atoms with E-state index < -0.39 is 11.9 Å². The van der Waals surface area contributed by atoms with Crippen molar-refractivity contribution >= 4 is 65.9 Å². The van der Waals surface area contributed by atoms with Gasteiger partial charge < -0.3 is 28.8 Å². The molecule has 12 nitrogen and oxygen atoms in total. The number of hydrogen-bond acceptors (Lipinski definition) is 9. The molecule has 0 aliphatic carbocycles. The number of esters is 1. The Morgan fingerprint density at radius 3 is 1.34 bits per heavy atom. The summed E-state index contributed by atoms with van der Waals surface area (Å²) >= 11 is 6.85. The van der Waals surface area contributed by atoms with Crippen LogP contribution in [-0.2, 0) is 4.74 Å². The SMILES string of the molecule is COC(=O)c1c(OC)cc(-n2cnc3cc(Br)ccc32)cc1OC.COc1cc(-n2cnc3cc(Br)ccc32)cc(OC)c1C(=O)O. The highest BCUT2D eigenvalue weighted by Crippen LogP contribution is 2.35. The Hall–Kier alpha value is -5.08. The number of aromatic carboxylic acids is 1. The third-order valence-electron chi connectivity index (χ3n) is 7.16. The van der Waals surface area contributed by atoms with E-state index in [0.29, 0.717) is 17.2 Å². The fourth-order valence-electron chi connectivity index (χ4n) is 4.97. The Labute approximate surface area is 285 Å². The van der Waals surface area contributed by atoms with Gasteiger partial charge in [0.05, 0.1) is 69.0 Å². The highest BCUT2D eigenvalue weighted by Gasteiger charge is 2.22. The zero-order valence-electron chi connectivity index (χ0n) is 25.8. The molecule has 0 saturated carbocycles. The molecule has 242 valence electrons. The molecule has 0 radical (unpaired) electrons. The first-order valence-electron chi connectivity index (χ1n) is 13.7. The zero-order chi connectivity index (χ0) is 33.8. The van der Waals surface area contributed by atoms with E-state index in [1.807, 2.05) is 45.5 Å². The lowest BCUT2D eigenvalue weighted by Crippen LogP contribution is -2.08. The van der Waals surface area contributed by atoms with Crippen molar-refractivity contribution in [2.75, 3.05) is 35.5 Å². The summed E-state index contributed by atoms with van der Waals surface area (Å²) in [7, 11) is 7.15. The average molecular weight is 768 g/mol. The van der Waals surface area contributed by atoms with Crippen LogP contribution in [0.1, 0.15) is 20.7 Å². The zero-order valence-corrected chi connectivity index (χ0v) is 28.9. The summed E-state index contributed by atoms with van der Waals surface area (Å²) < 4.78 is 31.6. The standard InChI is InChI=1S/C17H15BrN2O4.C16H13BrN2O4/c1-22-14-7-11(8-15(23-2)16(14)17(21)24-3)20-9-19-12-6-10(18)4-5-13(12)20;1-22-13-6-10(7-14(23-2)15(13)16(20)21)19-8-18-11-5-9(17)3-4-12(11)19/h4-9H,1-3H3;3-8H,1-2H3,(H,20,21). The van der Waals surface area contributed by atoms with E-state index in [9.17, 15) is 14.7 Å². The topological polar surface area (TPSA) is 136 Å². The Balaban J connectivity index is 0.000000185. The Kier molecular flexibility index (Phi) is 10.0. The largest absolute Gasteiger partial charge is 0.496 e. The van der Waals surface area contributed by atoms with E-state index in [-0.39, 0.29) is 22.6 Å². The molecule has 6 aromatic rings. The highest BCUT2D eigenvalue weighted by atomic mass is 79.9. The summed E-state index contributed by atoms with van der Waals surface area (Å²) in [6, 6.07) is 18.4. The first kappa shape index (κ1) is 33.3. The molecule has 0 amide bonds. The van der Waals surface area contributed by atoms with E-state index in [2.05, 4.69) is 41.8 Å². The number of imidazole rings is 2. The van der Waals surface area contributed by atoms with Crippen molar-refractivity contribution in [1.29, 1.82) is 0 Å². The molecular weight excluding hydrogens is 740 g/mol. The van der Waals surface area contributed by atoms with Gasteiger partial charge in [0.1, 0.15) is 46.8 Å². The van der Waals surface area contributed by atoms with E-state index in [1.54, 1.807) is 36.9 Å². The molecule has 47 heavy (non-hydrogen) atoms. The average Bonchev–Trinajstić information content (AvgIpc) is 3.70. The maximum absolute atomic E-state index is 12.0. The first-order chi connectivity index (χ1) is 22.6. The van der Waals surface area contributed by atoms with Gasteiger partial charge in [-0.3, -0.25) is 9.13 Å². The number of carbonyl (C=O) groups is 2. The molecule has 0 spiro atoms. The molecule has 14 heteroatoms. The van der Waals surface area contributed by atoms with Gasteiger partial charge in [-0.05, 0) is 36.4 Å². The van der Waals surface area contributed by atoms with Gasteiger partial charge in [-0.1, -0.05) is 31.9 Å². The maximum atomic E-state index is 12.0. The van der Waals surface area contributed by atoms with Gasteiger partial charge in [-0.15, -0.1) is 0 Å². The van der Waals surface area contributed by atoms with Crippen LogP contribution in [0.15, 0.2) is 82.3 Å². The summed E-state index contributed by atoms with van der Waals surface area (Å²) in [6.45, 7) is 0. The smallest absolute Gasteiger partial charge is 0.345 e. The van der Waals surface area contributed by atoms with Gasteiger partial charge in [-0.25, -0.2) is 19.6 Å². The van der Waals surface area contributed by atoms with Crippen LogP contribution < -0.4 is 18.9 Å². The second kappa shape index (κ2) is 14.1. The van der Waals surface area contributed by atoms with Crippen LogP contribution in [0.25, 0.3) is 33.4 Å². The minimum Gasteiger partial charge on any atom is -0.496 e. The van der Waals surface area contributed by atoms with Crippen LogP contribution in [0, 0.1) is 0 Å². The van der Waals surface area contributed by atoms with Crippen LogP contribution in [0.2, 0.25) is 0 Å². The number of fused-ring (bicyclic) bond motifs is 2. The van der Waals surface area contributed by atoms with Crippen molar-refractivity contribution in [3.8, 4) is 34.4 Å². The van der Waals surface area contributed by atoms with Crippen molar-refractivity contribution in [3.05, 3.63) is 93.4 Å². The molecule has 0 saturated heterocycles. The van der Waals surface area contributed by atoms with E-state index in [4.69, 9.17) is 23.7 Å². The van der Waals surface area contributed by atoms with Crippen LogP contribution in [0.3, 0.4) is 0 Å². The van der Waals surface area contributed by atoms with E-state index in [1.165, 1.54) is 35.5 Å². The van der Waals surface area contributed by atoms with Gasteiger partial charge in [0, 0.05) is 33.2 Å². The number of carbonyl (C=O) groups excluding carboxylic acids is 1. The Bertz CT molecular complexity index is 2080. The number of carboxylic acid groups (broad SMARTS) is 1. The lowest BCUT2D eigenvalue weighted by molar-refractivity contribution is 0.0592. The summed E-state index contributed by atoms with van der Waals surface area (Å²) in [6.07, 6.45) is 3.38. The van der Waals surface area contributed by atoms with Crippen molar-refractivity contribution in [3.63, 3.8) is 0 Å². The minimum atomic E-state index is -1.11. The van der Waals surface area contributed by atoms with Crippen LogP contribution >= 0.6 is 31.9 Å². The summed E-state index contributed by atoms with van der Waals surface area (Å²) in [5, 5.41) is 9.35. The van der Waals surface area contributed by atoms with Gasteiger partial charge in [0.2, 0.25) is 0 Å². The van der Waals surface area contributed by atoms with Crippen LogP contribution in [0.4, 0.5) is 0 Å². The Morgan fingerprint density at radius 1 is 0.617 bits per heavy atom. The van der Waals surface area contributed by atoms with Gasteiger partial charge in [0.25, 0.3) is 0 Å².